The van der Waals surface area contributed by atoms with E-state index < -0.39 is 47.4 Å². The van der Waals surface area contributed by atoms with Crippen molar-refractivity contribution in [3.63, 3.8) is 0 Å². The van der Waals surface area contributed by atoms with E-state index in [-0.39, 0.29) is 30.6 Å². The maximum Gasteiger partial charge on any atom is 0.326 e. The Morgan fingerprint density at radius 2 is 1.45 bits per heavy atom. The van der Waals surface area contributed by atoms with Crippen molar-refractivity contribution in [1.82, 2.24) is 10.6 Å². The Morgan fingerprint density at radius 3 is 1.84 bits per heavy atom. The van der Waals surface area contributed by atoms with E-state index in [0.29, 0.717) is 5.57 Å². The second kappa shape index (κ2) is 10.7. The van der Waals surface area contributed by atoms with Crippen LogP contribution in [0.2, 0.25) is 0 Å². The van der Waals surface area contributed by atoms with E-state index in [1.807, 2.05) is 0 Å². The van der Waals surface area contributed by atoms with E-state index in [1.165, 1.54) is 0 Å². The molecule has 176 valence electrons. The Labute approximate surface area is 182 Å². The van der Waals surface area contributed by atoms with Gasteiger partial charge in [-0.3, -0.25) is 9.59 Å². The van der Waals surface area contributed by atoms with Crippen LogP contribution in [0.25, 0.3) is 0 Å². The number of carbonyl (C=O) groups is 4. The molecule has 0 heterocycles. The first kappa shape index (κ1) is 26.6. The molecule has 0 unspecified atom stereocenters. The Bertz CT molecular complexity index is 719. The zero-order chi connectivity index (χ0) is 24.1. The maximum absolute atomic E-state index is 12.9. The predicted octanol–water partition coefficient (Wildman–Crippen LogP) is 0.208. The van der Waals surface area contributed by atoms with Crippen molar-refractivity contribution in [2.75, 3.05) is 0 Å². The smallest absolute Gasteiger partial charge is 0.326 e. The molecule has 1 fully saturated rings. The van der Waals surface area contributed by atoms with Crippen LogP contribution in [0.4, 0.5) is 0 Å². The van der Waals surface area contributed by atoms with Crippen molar-refractivity contribution >= 4 is 23.8 Å². The number of amides is 2. The van der Waals surface area contributed by atoms with E-state index in [2.05, 4.69) is 17.2 Å². The monoisotopic (exact) mass is 440 g/mol. The zero-order valence-electron chi connectivity index (χ0n) is 18.7. The molecule has 1 aliphatic carbocycles. The van der Waals surface area contributed by atoms with Gasteiger partial charge >= 0.3 is 11.9 Å². The number of carboxylic acid groups (broad SMARTS) is 2. The highest BCUT2D eigenvalue weighted by atomic mass is 16.4. The lowest BCUT2D eigenvalue weighted by Gasteiger charge is -2.32. The molecule has 2 amide bonds. The first-order valence-electron chi connectivity index (χ1n) is 10.5. The fraction of sp³-hybridized carbons (Fsp3) is 0.714. The average molecular weight is 441 g/mol. The number of nitrogens with two attached hydrogens (primary N) is 2. The van der Waals surface area contributed by atoms with Gasteiger partial charge in [-0.25, -0.2) is 9.59 Å². The molecule has 1 aliphatic rings. The molecule has 0 spiro atoms. The Morgan fingerprint density at radius 1 is 1.00 bits per heavy atom. The van der Waals surface area contributed by atoms with E-state index in [0.717, 1.165) is 12.8 Å². The minimum atomic E-state index is -1.35. The van der Waals surface area contributed by atoms with Crippen molar-refractivity contribution in [1.29, 1.82) is 0 Å². The van der Waals surface area contributed by atoms with Crippen LogP contribution in [-0.2, 0) is 19.2 Å². The van der Waals surface area contributed by atoms with Crippen molar-refractivity contribution in [2.24, 2.45) is 29.2 Å². The minimum absolute atomic E-state index is 0.0156. The fourth-order valence-corrected chi connectivity index (χ4v) is 3.46. The molecule has 10 nitrogen and oxygen atoms in total. The summed E-state index contributed by atoms with van der Waals surface area (Å²) in [5.74, 6) is -4.26. The lowest BCUT2D eigenvalue weighted by molar-refractivity contribution is -0.144. The van der Waals surface area contributed by atoms with Gasteiger partial charge in [-0.1, -0.05) is 39.8 Å². The average Bonchev–Trinajstić information content (AvgIpc) is 3.47. The Balaban J connectivity index is 2.81. The number of hydrogen-bond acceptors (Lipinski definition) is 6. The molecule has 0 bridgehead atoms. The lowest BCUT2D eigenvalue weighted by Crippen LogP contribution is -2.60. The molecule has 1 saturated carbocycles. The zero-order valence-corrected chi connectivity index (χ0v) is 18.7. The van der Waals surface area contributed by atoms with Crippen LogP contribution >= 0.6 is 0 Å². The van der Waals surface area contributed by atoms with Gasteiger partial charge in [0.25, 0.3) is 0 Å². The largest absolute Gasteiger partial charge is 0.480 e. The van der Waals surface area contributed by atoms with Crippen LogP contribution in [0, 0.1) is 17.8 Å². The summed E-state index contributed by atoms with van der Waals surface area (Å²) < 4.78 is 0. The first-order chi connectivity index (χ1) is 14.2. The van der Waals surface area contributed by atoms with Gasteiger partial charge in [0, 0.05) is 0 Å². The molecule has 0 aromatic carbocycles. The minimum Gasteiger partial charge on any atom is -0.480 e. The standard InChI is InChI=1S/C21H36N4O6/c1-10(2)15(18(27)28)24-17(26)14(22)8-12(5)9-21(23,13-6-7-13)20(31)25-16(11(3)4)19(29)30/h10-11,13-16H,5-9,22-23H2,1-4H3,(H,24,26)(H,25,31)(H,27,28)(H,29,30)/t14-,15+,16+,21-/m1/s1. The quantitative estimate of drug-likeness (QED) is 0.219. The van der Waals surface area contributed by atoms with Crippen molar-refractivity contribution in [3.05, 3.63) is 12.2 Å². The summed E-state index contributed by atoms with van der Waals surface area (Å²) in [5.41, 5.74) is 11.5. The molecule has 1 rings (SSSR count). The van der Waals surface area contributed by atoms with Gasteiger partial charge in [-0.05, 0) is 43.4 Å². The third-order valence-electron chi connectivity index (χ3n) is 5.57. The molecule has 0 saturated heterocycles. The first-order valence-corrected chi connectivity index (χ1v) is 10.5. The molecule has 4 atom stereocenters. The normalized spacial score (nSPS) is 18.6. The van der Waals surface area contributed by atoms with E-state index in [9.17, 15) is 29.4 Å². The van der Waals surface area contributed by atoms with Crippen molar-refractivity contribution < 1.29 is 29.4 Å². The molecule has 10 heteroatoms. The van der Waals surface area contributed by atoms with Gasteiger partial charge in [0.2, 0.25) is 11.8 Å². The highest BCUT2D eigenvalue weighted by Crippen LogP contribution is 2.42. The van der Waals surface area contributed by atoms with Crippen molar-refractivity contribution in [3.8, 4) is 0 Å². The van der Waals surface area contributed by atoms with Gasteiger partial charge in [0.15, 0.2) is 0 Å². The summed E-state index contributed by atoms with van der Waals surface area (Å²) in [6.07, 6.45) is 1.53. The summed E-state index contributed by atoms with van der Waals surface area (Å²) in [5, 5.41) is 23.5. The van der Waals surface area contributed by atoms with E-state index >= 15 is 0 Å². The van der Waals surface area contributed by atoms with Gasteiger partial charge < -0.3 is 32.3 Å². The summed E-state index contributed by atoms with van der Waals surface area (Å²) in [6.45, 7) is 10.6. The number of hydrogen-bond donors (Lipinski definition) is 6. The molecule has 0 aromatic rings. The van der Waals surface area contributed by atoms with Crippen molar-refractivity contribution in [2.45, 2.75) is 77.0 Å². The molecular formula is C21H36N4O6. The molecular weight excluding hydrogens is 404 g/mol. The van der Waals surface area contributed by atoms with Crippen LogP contribution in [0.5, 0.6) is 0 Å². The lowest BCUT2D eigenvalue weighted by atomic mass is 9.84. The molecule has 31 heavy (non-hydrogen) atoms. The third kappa shape index (κ3) is 7.32. The van der Waals surface area contributed by atoms with Crippen LogP contribution < -0.4 is 22.1 Å². The second-order valence-corrected chi connectivity index (χ2v) is 9.15. The van der Waals surface area contributed by atoms with Crippen LogP contribution in [0.1, 0.15) is 53.4 Å². The summed E-state index contributed by atoms with van der Waals surface area (Å²) >= 11 is 0. The van der Waals surface area contributed by atoms with E-state index in [4.69, 9.17) is 11.5 Å². The number of rotatable bonds is 13. The van der Waals surface area contributed by atoms with Crippen LogP contribution in [0.15, 0.2) is 12.2 Å². The fourth-order valence-electron chi connectivity index (χ4n) is 3.46. The third-order valence-corrected chi connectivity index (χ3v) is 5.57. The highest BCUT2D eigenvalue weighted by molar-refractivity contribution is 5.91. The Hall–Kier alpha value is -2.46. The molecule has 0 aliphatic heterocycles. The predicted molar refractivity (Wildman–Crippen MR) is 115 cm³/mol. The van der Waals surface area contributed by atoms with Gasteiger partial charge in [0.05, 0.1) is 6.04 Å². The summed E-state index contributed by atoms with van der Waals surface area (Å²) in [4.78, 5) is 47.9. The van der Waals surface area contributed by atoms with Gasteiger partial charge in [-0.15, -0.1) is 0 Å². The summed E-state index contributed by atoms with van der Waals surface area (Å²) in [7, 11) is 0. The maximum atomic E-state index is 12.9. The summed E-state index contributed by atoms with van der Waals surface area (Å²) in [6, 6.07) is -3.19. The number of nitrogens with one attached hydrogen (secondary N) is 2. The topological polar surface area (TPSA) is 185 Å². The highest BCUT2D eigenvalue weighted by Gasteiger charge is 2.49. The van der Waals surface area contributed by atoms with Crippen LogP contribution in [0.3, 0.4) is 0 Å². The number of carbonyl (C=O) groups excluding carboxylic acids is 2. The number of carboxylic acids is 2. The molecule has 0 aromatic heterocycles. The SMILES string of the molecule is C=C(C[C@@H](N)C(=O)N[C@H](C(=O)O)C(C)C)C[C@](N)(C(=O)N[C@H](C(=O)O)C(C)C)C1CC1. The molecule has 0 radical (unpaired) electrons. The molecule has 8 N–H and O–H groups in total. The second-order valence-electron chi connectivity index (χ2n) is 9.15. The van der Waals surface area contributed by atoms with Crippen LogP contribution in [-0.4, -0.2) is 57.6 Å². The van der Waals surface area contributed by atoms with Gasteiger partial charge in [-0.2, -0.15) is 0 Å². The number of aliphatic carboxylic acids is 2. The van der Waals surface area contributed by atoms with Gasteiger partial charge in [0.1, 0.15) is 17.6 Å². The Kier molecular flexibility index (Phi) is 9.19. The van der Waals surface area contributed by atoms with E-state index in [1.54, 1.807) is 27.7 Å².